The van der Waals surface area contributed by atoms with E-state index in [0.29, 0.717) is 42.6 Å². The van der Waals surface area contributed by atoms with Gasteiger partial charge < -0.3 is 19.5 Å². The number of aromatic nitrogens is 1. The van der Waals surface area contributed by atoms with Crippen molar-refractivity contribution >= 4 is 69.0 Å². The number of anilines is 1. The standard InChI is InChI=1S/C26H23ClN4O5S/c27-18-5-7-19(8-6-18)28-23(32)15-30-14-17(20-3-1-2-4-21(20)30)13-22-25(34)31(26(35)37-22)16-24(33)29-9-11-36-12-10-29/h1-8,13-14H,9-12,15-16H2,(H,28,32)/b22-13+. The number of carbonyl (C=O) groups is 4. The summed E-state index contributed by atoms with van der Waals surface area (Å²) in [7, 11) is 0. The minimum absolute atomic E-state index is 0.0481. The number of morpholine rings is 1. The van der Waals surface area contributed by atoms with Crippen LogP contribution in [0, 0.1) is 0 Å². The molecule has 0 unspecified atom stereocenters. The van der Waals surface area contributed by atoms with Gasteiger partial charge in [-0.15, -0.1) is 0 Å². The van der Waals surface area contributed by atoms with Crippen LogP contribution >= 0.6 is 23.4 Å². The molecule has 1 aromatic heterocycles. The monoisotopic (exact) mass is 538 g/mol. The quantitative estimate of drug-likeness (QED) is 0.479. The Morgan fingerprint density at radius 1 is 1.03 bits per heavy atom. The van der Waals surface area contributed by atoms with Gasteiger partial charge in [0, 0.05) is 46.5 Å². The first-order valence-corrected chi connectivity index (χ1v) is 12.8. The predicted molar refractivity (Wildman–Crippen MR) is 142 cm³/mol. The largest absolute Gasteiger partial charge is 0.378 e. The van der Waals surface area contributed by atoms with Crippen LogP contribution < -0.4 is 5.32 Å². The van der Waals surface area contributed by atoms with Gasteiger partial charge in [-0.05, 0) is 48.2 Å². The van der Waals surface area contributed by atoms with Crippen molar-refractivity contribution < 1.29 is 23.9 Å². The van der Waals surface area contributed by atoms with Crippen LogP contribution in [0.1, 0.15) is 5.56 Å². The zero-order chi connectivity index (χ0) is 25.9. The highest BCUT2D eigenvalue weighted by Gasteiger charge is 2.37. The van der Waals surface area contributed by atoms with Crippen molar-refractivity contribution in [1.29, 1.82) is 0 Å². The van der Waals surface area contributed by atoms with Crippen molar-refractivity contribution in [2.75, 3.05) is 38.2 Å². The van der Waals surface area contributed by atoms with Crippen molar-refractivity contribution in [3.05, 3.63) is 70.2 Å². The van der Waals surface area contributed by atoms with Crippen molar-refractivity contribution in [3.63, 3.8) is 0 Å². The summed E-state index contributed by atoms with van der Waals surface area (Å²) in [6.07, 6.45) is 3.42. The van der Waals surface area contributed by atoms with E-state index in [1.54, 1.807) is 46.0 Å². The first-order chi connectivity index (χ1) is 17.9. The molecule has 9 nitrogen and oxygen atoms in total. The van der Waals surface area contributed by atoms with E-state index in [0.717, 1.165) is 27.6 Å². The fourth-order valence-corrected chi connectivity index (χ4v) is 5.19. The van der Waals surface area contributed by atoms with Crippen LogP contribution in [0.25, 0.3) is 17.0 Å². The van der Waals surface area contributed by atoms with E-state index in [4.69, 9.17) is 16.3 Å². The topological polar surface area (TPSA) is 101 Å². The maximum absolute atomic E-state index is 13.0. The second-order valence-corrected chi connectivity index (χ2v) is 9.98. The Hall–Kier alpha value is -3.60. The third-order valence-corrected chi connectivity index (χ3v) is 7.24. The molecule has 0 radical (unpaired) electrons. The van der Waals surface area contributed by atoms with Crippen LogP contribution in [-0.4, -0.2) is 70.2 Å². The molecule has 190 valence electrons. The number of ether oxygens (including phenoxy) is 1. The average Bonchev–Trinajstić information content (AvgIpc) is 3.37. The minimum Gasteiger partial charge on any atom is -0.378 e. The van der Waals surface area contributed by atoms with Crippen LogP contribution in [0.2, 0.25) is 5.02 Å². The van der Waals surface area contributed by atoms with Gasteiger partial charge in [-0.25, -0.2) is 0 Å². The molecule has 5 rings (SSSR count). The first-order valence-electron chi connectivity index (χ1n) is 11.6. The number of carbonyl (C=O) groups excluding carboxylic acids is 4. The number of hydrogen-bond acceptors (Lipinski definition) is 6. The molecule has 0 atom stereocenters. The molecule has 0 bridgehead atoms. The molecule has 0 aliphatic carbocycles. The van der Waals surface area contributed by atoms with Gasteiger partial charge in [-0.3, -0.25) is 24.1 Å². The van der Waals surface area contributed by atoms with E-state index in [9.17, 15) is 19.2 Å². The number of imide groups is 1. The number of thioether (sulfide) groups is 1. The van der Waals surface area contributed by atoms with Crippen LogP contribution in [0.4, 0.5) is 10.5 Å². The molecule has 2 aliphatic rings. The number of amides is 4. The number of benzene rings is 2. The van der Waals surface area contributed by atoms with Crippen molar-refractivity contribution in [2.45, 2.75) is 6.54 Å². The molecule has 1 N–H and O–H groups in total. The average molecular weight is 539 g/mol. The number of nitrogens with zero attached hydrogens (tertiary/aromatic N) is 3. The predicted octanol–water partition coefficient (Wildman–Crippen LogP) is 3.83. The van der Waals surface area contributed by atoms with Crippen LogP contribution in [0.3, 0.4) is 0 Å². The van der Waals surface area contributed by atoms with Crippen LogP contribution in [0.15, 0.2) is 59.6 Å². The fraction of sp³-hybridized carbons (Fsp3) is 0.231. The van der Waals surface area contributed by atoms with E-state index in [1.807, 2.05) is 24.3 Å². The summed E-state index contributed by atoms with van der Waals surface area (Å²) in [6, 6.07) is 14.3. The molecule has 0 saturated carbocycles. The number of para-hydroxylation sites is 1. The Balaban J connectivity index is 1.34. The maximum Gasteiger partial charge on any atom is 0.294 e. The molecule has 2 fully saturated rings. The third kappa shape index (κ3) is 5.56. The molecular formula is C26H23ClN4O5S. The fourth-order valence-electron chi connectivity index (χ4n) is 4.24. The Morgan fingerprint density at radius 2 is 1.76 bits per heavy atom. The highest BCUT2D eigenvalue weighted by Crippen LogP contribution is 2.34. The lowest BCUT2D eigenvalue weighted by atomic mass is 10.1. The number of halogens is 1. The van der Waals surface area contributed by atoms with Gasteiger partial charge in [0.2, 0.25) is 11.8 Å². The highest BCUT2D eigenvalue weighted by atomic mass is 35.5. The molecule has 3 aromatic rings. The third-order valence-electron chi connectivity index (χ3n) is 6.08. The molecule has 2 aliphatic heterocycles. The summed E-state index contributed by atoms with van der Waals surface area (Å²) in [4.78, 5) is 53.7. The second-order valence-electron chi connectivity index (χ2n) is 8.55. The van der Waals surface area contributed by atoms with Gasteiger partial charge >= 0.3 is 0 Å². The number of fused-ring (bicyclic) bond motifs is 1. The molecule has 0 spiro atoms. The Kier molecular flexibility index (Phi) is 7.31. The SMILES string of the molecule is O=C(Cn1cc(/C=C2/SC(=O)N(CC(=O)N3CCOCC3)C2=O)c2ccccc21)Nc1ccc(Cl)cc1. The second kappa shape index (κ2) is 10.8. The van der Waals surface area contributed by atoms with Crippen LogP contribution in [-0.2, 0) is 25.7 Å². The normalized spacial score (nSPS) is 17.2. The summed E-state index contributed by atoms with van der Waals surface area (Å²) in [5.41, 5.74) is 2.13. The lowest BCUT2D eigenvalue weighted by molar-refractivity contribution is -0.139. The van der Waals surface area contributed by atoms with E-state index >= 15 is 0 Å². The number of nitrogens with one attached hydrogen (secondary N) is 1. The van der Waals surface area contributed by atoms with Gasteiger partial charge in [-0.2, -0.15) is 0 Å². The molecular weight excluding hydrogens is 516 g/mol. The van der Waals surface area contributed by atoms with Crippen LogP contribution in [0.5, 0.6) is 0 Å². The zero-order valence-electron chi connectivity index (χ0n) is 19.7. The molecule has 37 heavy (non-hydrogen) atoms. The number of hydrogen-bond donors (Lipinski definition) is 1. The zero-order valence-corrected chi connectivity index (χ0v) is 21.3. The molecule has 11 heteroatoms. The lowest BCUT2D eigenvalue weighted by Crippen LogP contribution is -2.46. The summed E-state index contributed by atoms with van der Waals surface area (Å²) < 4.78 is 7.04. The van der Waals surface area contributed by atoms with Crippen molar-refractivity contribution in [3.8, 4) is 0 Å². The summed E-state index contributed by atoms with van der Waals surface area (Å²) in [6.45, 7) is 1.51. The maximum atomic E-state index is 13.0. The molecule has 3 heterocycles. The van der Waals surface area contributed by atoms with E-state index < -0.39 is 11.1 Å². The smallest absolute Gasteiger partial charge is 0.294 e. The molecule has 2 aromatic carbocycles. The Bertz CT molecular complexity index is 1410. The Labute approximate surface area is 222 Å². The van der Waals surface area contributed by atoms with E-state index in [-0.39, 0.29) is 29.8 Å². The van der Waals surface area contributed by atoms with Gasteiger partial charge in [0.15, 0.2) is 0 Å². The highest BCUT2D eigenvalue weighted by molar-refractivity contribution is 8.18. The summed E-state index contributed by atoms with van der Waals surface area (Å²) >= 11 is 6.71. The minimum atomic E-state index is -0.506. The van der Waals surface area contributed by atoms with E-state index in [2.05, 4.69) is 5.32 Å². The van der Waals surface area contributed by atoms with E-state index in [1.165, 1.54) is 0 Å². The lowest BCUT2D eigenvalue weighted by Gasteiger charge is -2.28. The molecule has 4 amide bonds. The van der Waals surface area contributed by atoms with Gasteiger partial charge in [0.05, 0.1) is 18.1 Å². The number of rotatable bonds is 6. The molecule has 2 saturated heterocycles. The van der Waals surface area contributed by atoms with Gasteiger partial charge in [0.1, 0.15) is 13.1 Å². The summed E-state index contributed by atoms with van der Waals surface area (Å²) in [5, 5.41) is 3.77. The van der Waals surface area contributed by atoms with Gasteiger partial charge in [-0.1, -0.05) is 29.8 Å². The first kappa shape index (κ1) is 25.1. The van der Waals surface area contributed by atoms with Crippen molar-refractivity contribution in [1.82, 2.24) is 14.4 Å². The van der Waals surface area contributed by atoms with Crippen molar-refractivity contribution in [2.24, 2.45) is 0 Å². The van der Waals surface area contributed by atoms with Gasteiger partial charge in [0.25, 0.3) is 11.1 Å². The Morgan fingerprint density at radius 3 is 2.51 bits per heavy atom. The summed E-state index contributed by atoms with van der Waals surface area (Å²) in [5.74, 6) is -1.01.